The van der Waals surface area contributed by atoms with E-state index in [1.807, 2.05) is 0 Å². The third-order valence-electron chi connectivity index (χ3n) is 6.70. The zero-order valence-electron chi connectivity index (χ0n) is 19.1. The molecule has 0 aromatic carbocycles. The first kappa shape index (κ1) is 30.1. The molecule has 0 radical (unpaired) electrons. The van der Waals surface area contributed by atoms with Crippen LogP contribution >= 0.6 is 0 Å². The minimum Gasteiger partial charge on any atom is -0.464 e. The van der Waals surface area contributed by atoms with Crippen molar-refractivity contribution in [2.24, 2.45) is 5.41 Å². The van der Waals surface area contributed by atoms with Gasteiger partial charge >= 0.3 is 26.8 Å². The highest BCUT2D eigenvalue weighted by Crippen LogP contribution is 2.52. The van der Waals surface area contributed by atoms with E-state index in [4.69, 9.17) is 4.74 Å². The Labute approximate surface area is 200 Å². The normalized spacial score (nSPS) is 22.9. The zero-order valence-corrected chi connectivity index (χ0v) is 21.5. The lowest BCUT2D eigenvalue weighted by Gasteiger charge is -2.47. The summed E-state index contributed by atoms with van der Waals surface area (Å²) in [4.78, 5) is 13.4. The fourth-order valence-electron chi connectivity index (χ4n) is 3.65. The van der Waals surface area contributed by atoms with Crippen molar-refractivity contribution in [3.8, 4) is 0 Å². The van der Waals surface area contributed by atoms with Crippen molar-refractivity contribution in [1.82, 2.24) is 13.3 Å². The molecule has 2 aliphatic rings. The largest absolute Gasteiger partial charge is 0.512 e. The van der Waals surface area contributed by atoms with Crippen LogP contribution in [0.3, 0.4) is 0 Å². The first-order chi connectivity index (χ1) is 15.4. The Balaban J connectivity index is 2.34. The number of sulfonamides is 3. The van der Waals surface area contributed by atoms with E-state index in [0.717, 1.165) is 18.2 Å². The summed E-state index contributed by atoms with van der Waals surface area (Å²) >= 11 is 0. The van der Waals surface area contributed by atoms with Crippen LogP contribution in [0.25, 0.3) is 0 Å². The average molecular weight is 580 g/mol. The highest BCUT2D eigenvalue weighted by Gasteiger charge is 2.69. The summed E-state index contributed by atoms with van der Waals surface area (Å²) in [6.45, 7) is 2.31. The van der Waals surface area contributed by atoms with Crippen LogP contribution < -0.4 is 4.13 Å². The SMILES string of the molecule is CC(C)(C(F)(F)S(=O)(=O)NS(=O)(=O)C(F)(F)F)C(C)(C)S(=O)(=O)N1CCN(C2CCOC2=O)CC1. The van der Waals surface area contributed by atoms with Crippen molar-refractivity contribution in [2.75, 3.05) is 32.8 Å². The molecule has 35 heavy (non-hydrogen) atoms. The van der Waals surface area contributed by atoms with Gasteiger partial charge in [-0.05, 0) is 13.8 Å². The van der Waals surface area contributed by atoms with E-state index in [2.05, 4.69) is 0 Å². The summed E-state index contributed by atoms with van der Waals surface area (Å²) < 4.78 is 144. The molecule has 0 aromatic rings. The number of esters is 1. The average Bonchev–Trinajstić information content (AvgIpc) is 3.11. The summed E-state index contributed by atoms with van der Waals surface area (Å²) in [5.74, 6) is -0.478. The van der Waals surface area contributed by atoms with E-state index in [1.165, 1.54) is 0 Å². The van der Waals surface area contributed by atoms with Crippen molar-refractivity contribution in [1.29, 1.82) is 0 Å². The van der Waals surface area contributed by atoms with Gasteiger partial charge in [-0.25, -0.2) is 25.3 Å². The first-order valence-corrected chi connectivity index (χ1v) is 14.5. The fraction of sp³-hybridized carbons (Fsp3) is 0.938. The summed E-state index contributed by atoms with van der Waals surface area (Å²) in [5.41, 5.74) is -9.36. The number of nitrogens with zero attached hydrogens (tertiary/aromatic N) is 2. The first-order valence-electron chi connectivity index (χ1n) is 10.1. The van der Waals surface area contributed by atoms with Crippen molar-refractivity contribution in [2.45, 2.75) is 55.7 Å². The molecule has 0 bridgehead atoms. The van der Waals surface area contributed by atoms with Crippen LogP contribution in [0.4, 0.5) is 22.0 Å². The van der Waals surface area contributed by atoms with Crippen LogP contribution in [0.15, 0.2) is 0 Å². The van der Waals surface area contributed by atoms with Crippen molar-refractivity contribution < 1.29 is 56.7 Å². The molecular weight excluding hydrogens is 553 g/mol. The van der Waals surface area contributed by atoms with Gasteiger partial charge in [-0.2, -0.15) is 26.3 Å². The van der Waals surface area contributed by atoms with E-state index >= 15 is 8.78 Å². The quantitative estimate of drug-likeness (QED) is 0.319. The maximum atomic E-state index is 15.2. The Kier molecular flexibility index (Phi) is 7.73. The molecule has 1 unspecified atom stereocenters. The van der Waals surface area contributed by atoms with Gasteiger partial charge in [0.1, 0.15) is 6.04 Å². The number of alkyl halides is 5. The van der Waals surface area contributed by atoms with Crippen molar-refractivity contribution in [3.63, 3.8) is 0 Å². The van der Waals surface area contributed by atoms with Crippen LogP contribution in [-0.2, 0) is 39.6 Å². The van der Waals surface area contributed by atoms with Crippen molar-refractivity contribution >= 4 is 36.0 Å². The summed E-state index contributed by atoms with van der Waals surface area (Å²) in [6, 6.07) is -0.583. The van der Waals surface area contributed by atoms with Gasteiger partial charge in [0.15, 0.2) is 0 Å². The monoisotopic (exact) mass is 579 g/mol. The van der Waals surface area contributed by atoms with Gasteiger partial charge in [-0.1, -0.05) is 18.0 Å². The predicted octanol–water partition coefficient (Wildman–Crippen LogP) is 0.416. The van der Waals surface area contributed by atoms with Gasteiger partial charge in [-0.15, -0.1) is 0 Å². The summed E-state index contributed by atoms with van der Waals surface area (Å²) in [5, 5.41) is -5.30. The van der Waals surface area contributed by atoms with Gasteiger partial charge < -0.3 is 4.74 Å². The lowest BCUT2D eigenvalue weighted by atomic mass is 9.80. The number of piperazine rings is 1. The summed E-state index contributed by atoms with van der Waals surface area (Å²) in [6.07, 6.45) is 0.391. The molecule has 0 aromatic heterocycles. The van der Waals surface area contributed by atoms with Crippen molar-refractivity contribution in [3.05, 3.63) is 0 Å². The minimum atomic E-state index is -6.74. The molecule has 2 heterocycles. The number of carbonyl (C=O) groups is 1. The second-order valence-electron chi connectivity index (χ2n) is 9.10. The molecule has 0 saturated carbocycles. The third-order valence-corrected chi connectivity index (χ3v) is 13.1. The molecule has 2 saturated heterocycles. The number of halogens is 5. The maximum absolute atomic E-state index is 15.2. The van der Waals surface area contributed by atoms with Gasteiger partial charge in [0, 0.05) is 32.6 Å². The molecule has 206 valence electrons. The Morgan fingerprint density at radius 2 is 1.34 bits per heavy atom. The molecule has 11 nitrogen and oxygen atoms in total. The summed E-state index contributed by atoms with van der Waals surface area (Å²) in [7, 11) is -18.1. The molecule has 2 aliphatic heterocycles. The Hall–Kier alpha value is -1.15. The third kappa shape index (κ3) is 4.90. The highest BCUT2D eigenvalue weighted by atomic mass is 32.3. The maximum Gasteiger partial charge on any atom is 0.512 e. The molecule has 19 heteroatoms. The lowest BCUT2D eigenvalue weighted by Crippen LogP contribution is -2.65. The van der Waals surface area contributed by atoms with Crippen LogP contribution in [0.5, 0.6) is 0 Å². The lowest BCUT2D eigenvalue weighted by molar-refractivity contribution is -0.142. The Morgan fingerprint density at radius 3 is 1.74 bits per heavy atom. The standard InChI is InChI=1S/C16H26F5N3O8S3/c1-13(2,15(17,18)33(26,27)22-34(28,29)16(19,20)21)14(3,4)35(30,31)24-8-6-23(7-9-24)11-5-10-32-12(11)25/h11,22H,5-10H2,1-4H3. The van der Waals surface area contributed by atoms with E-state index in [0.29, 0.717) is 20.3 Å². The Bertz CT molecular complexity index is 1160. The highest BCUT2D eigenvalue weighted by molar-refractivity contribution is 8.05. The smallest absolute Gasteiger partial charge is 0.464 e. The van der Waals surface area contributed by atoms with E-state index in [-0.39, 0.29) is 36.9 Å². The van der Waals surface area contributed by atoms with E-state index in [9.17, 15) is 43.2 Å². The molecule has 0 amide bonds. The molecule has 0 spiro atoms. The van der Waals surface area contributed by atoms with Gasteiger partial charge in [-0.3, -0.25) is 9.69 Å². The molecular formula is C16H26F5N3O8S3. The topological polar surface area (TPSA) is 147 Å². The van der Waals surface area contributed by atoms with Gasteiger partial charge in [0.25, 0.3) is 10.0 Å². The van der Waals surface area contributed by atoms with E-state index in [1.54, 1.807) is 4.90 Å². The van der Waals surface area contributed by atoms with Crippen LogP contribution in [0, 0.1) is 5.41 Å². The number of cyclic esters (lactones) is 1. The number of carbonyl (C=O) groups excluding carboxylic acids is 1. The Morgan fingerprint density at radius 1 is 0.857 bits per heavy atom. The number of nitrogens with one attached hydrogen (secondary N) is 1. The number of ether oxygens (including phenoxy) is 1. The fourth-order valence-corrected chi connectivity index (χ4v) is 8.65. The number of rotatable bonds is 8. The number of hydrogen-bond donors (Lipinski definition) is 1. The molecule has 1 atom stereocenters. The zero-order chi connectivity index (χ0) is 27.5. The second-order valence-corrected chi connectivity index (χ2v) is 15.2. The minimum absolute atomic E-state index is 0.0262. The predicted molar refractivity (Wildman–Crippen MR) is 111 cm³/mol. The number of hydrogen-bond acceptors (Lipinski definition) is 9. The second kappa shape index (κ2) is 9.00. The van der Waals surface area contributed by atoms with Gasteiger partial charge in [0.2, 0.25) is 10.0 Å². The van der Waals surface area contributed by atoms with Crippen LogP contribution in [-0.4, -0.2) is 94.8 Å². The molecule has 2 fully saturated rings. The van der Waals surface area contributed by atoms with Crippen LogP contribution in [0.2, 0.25) is 0 Å². The van der Waals surface area contributed by atoms with E-state index < -0.39 is 63.0 Å². The van der Waals surface area contributed by atoms with Gasteiger partial charge in [0.05, 0.1) is 16.8 Å². The van der Waals surface area contributed by atoms with Crippen LogP contribution in [0.1, 0.15) is 34.1 Å². The molecule has 1 N–H and O–H groups in total. The molecule has 2 rings (SSSR count). The molecule has 0 aliphatic carbocycles.